The molecule has 2 aliphatic rings. The minimum absolute atomic E-state index is 0.143. The molecule has 3 N–H and O–H groups in total. The van der Waals surface area contributed by atoms with Crippen molar-refractivity contribution in [3.63, 3.8) is 0 Å². The Hall–Kier alpha value is -0.570. The van der Waals surface area contributed by atoms with Crippen LogP contribution >= 0.6 is 0 Å². The third-order valence-corrected chi connectivity index (χ3v) is 5.30. The molecular formula is C16H30N2O. The van der Waals surface area contributed by atoms with Crippen LogP contribution in [0.25, 0.3) is 0 Å². The summed E-state index contributed by atoms with van der Waals surface area (Å²) >= 11 is 0. The largest absolute Gasteiger partial charge is 0.353 e. The lowest BCUT2D eigenvalue weighted by Crippen LogP contribution is -2.46. The summed E-state index contributed by atoms with van der Waals surface area (Å²) in [7, 11) is 0. The van der Waals surface area contributed by atoms with E-state index < -0.39 is 0 Å². The van der Waals surface area contributed by atoms with Gasteiger partial charge in [-0.2, -0.15) is 0 Å². The molecule has 5 unspecified atom stereocenters. The van der Waals surface area contributed by atoms with Gasteiger partial charge in [0.05, 0.1) is 0 Å². The number of carbonyl (C=O) groups excluding carboxylic acids is 1. The van der Waals surface area contributed by atoms with E-state index in [9.17, 15) is 4.79 Å². The fraction of sp³-hybridized carbons (Fsp3) is 0.938. The molecule has 3 heteroatoms. The first-order valence-electron chi connectivity index (χ1n) is 8.14. The highest BCUT2D eigenvalue weighted by molar-refractivity contribution is 5.79. The molecular weight excluding hydrogens is 236 g/mol. The van der Waals surface area contributed by atoms with Gasteiger partial charge in [-0.05, 0) is 43.9 Å². The van der Waals surface area contributed by atoms with E-state index in [2.05, 4.69) is 19.2 Å². The molecule has 3 nitrogen and oxygen atoms in total. The number of rotatable bonds is 2. The molecule has 19 heavy (non-hydrogen) atoms. The van der Waals surface area contributed by atoms with E-state index in [1.165, 1.54) is 19.3 Å². The molecule has 0 aliphatic heterocycles. The van der Waals surface area contributed by atoms with Gasteiger partial charge in [0, 0.05) is 18.0 Å². The zero-order chi connectivity index (χ0) is 13.8. The lowest BCUT2D eigenvalue weighted by Gasteiger charge is -2.33. The van der Waals surface area contributed by atoms with E-state index in [4.69, 9.17) is 5.73 Å². The topological polar surface area (TPSA) is 55.1 Å². The number of amides is 1. The predicted molar refractivity (Wildman–Crippen MR) is 78.7 cm³/mol. The Morgan fingerprint density at radius 2 is 1.74 bits per heavy atom. The van der Waals surface area contributed by atoms with E-state index >= 15 is 0 Å². The summed E-state index contributed by atoms with van der Waals surface area (Å²) in [6.07, 6.45) is 9.33. The van der Waals surface area contributed by atoms with Crippen molar-refractivity contribution in [2.24, 2.45) is 23.5 Å². The Morgan fingerprint density at radius 1 is 1.00 bits per heavy atom. The number of hydrogen-bond acceptors (Lipinski definition) is 2. The normalized spacial score (nSPS) is 40.5. The van der Waals surface area contributed by atoms with Crippen molar-refractivity contribution < 1.29 is 4.79 Å². The Morgan fingerprint density at radius 3 is 2.53 bits per heavy atom. The summed E-state index contributed by atoms with van der Waals surface area (Å²) < 4.78 is 0. The second-order valence-electron chi connectivity index (χ2n) is 6.88. The van der Waals surface area contributed by atoms with Gasteiger partial charge in [-0.25, -0.2) is 0 Å². The van der Waals surface area contributed by atoms with Crippen LogP contribution < -0.4 is 11.1 Å². The fourth-order valence-electron chi connectivity index (χ4n) is 3.71. The summed E-state index contributed by atoms with van der Waals surface area (Å²) in [6.45, 7) is 4.47. The number of nitrogens with two attached hydrogens (primary N) is 1. The van der Waals surface area contributed by atoms with Crippen molar-refractivity contribution >= 4 is 5.91 Å². The quantitative estimate of drug-likeness (QED) is 0.755. The molecule has 110 valence electrons. The SMILES string of the molecule is CC1CCCC(NC(=O)C2CCCC(N)C2C)CC1. The molecule has 2 rings (SSSR count). The van der Waals surface area contributed by atoms with Gasteiger partial charge >= 0.3 is 0 Å². The zero-order valence-corrected chi connectivity index (χ0v) is 12.5. The van der Waals surface area contributed by atoms with Gasteiger partial charge in [0.2, 0.25) is 5.91 Å². The van der Waals surface area contributed by atoms with Crippen molar-refractivity contribution in [1.82, 2.24) is 5.32 Å². The number of nitrogens with one attached hydrogen (secondary N) is 1. The van der Waals surface area contributed by atoms with Gasteiger partial charge in [0.15, 0.2) is 0 Å². The lowest BCUT2D eigenvalue weighted by molar-refractivity contribution is -0.128. The smallest absolute Gasteiger partial charge is 0.223 e. The van der Waals surface area contributed by atoms with Crippen LogP contribution in [0.3, 0.4) is 0 Å². The first kappa shape index (κ1) is 14.8. The van der Waals surface area contributed by atoms with Gasteiger partial charge in [0.1, 0.15) is 0 Å². The van der Waals surface area contributed by atoms with Gasteiger partial charge in [-0.1, -0.05) is 33.1 Å². The average Bonchev–Trinajstić information content (AvgIpc) is 2.58. The molecule has 0 saturated heterocycles. The van der Waals surface area contributed by atoms with Crippen molar-refractivity contribution in [3.8, 4) is 0 Å². The van der Waals surface area contributed by atoms with Gasteiger partial charge in [0.25, 0.3) is 0 Å². The highest BCUT2D eigenvalue weighted by Gasteiger charge is 2.33. The molecule has 0 radical (unpaired) electrons. The molecule has 0 bridgehead atoms. The first-order chi connectivity index (χ1) is 9.08. The van der Waals surface area contributed by atoms with Gasteiger partial charge < -0.3 is 11.1 Å². The van der Waals surface area contributed by atoms with Crippen molar-refractivity contribution in [1.29, 1.82) is 0 Å². The van der Waals surface area contributed by atoms with E-state index in [0.717, 1.165) is 38.0 Å². The summed E-state index contributed by atoms with van der Waals surface area (Å²) in [4.78, 5) is 12.4. The van der Waals surface area contributed by atoms with Crippen LogP contribution in [-0.4, -0.2) is 18.0 Å². The molecule has 1 amide bonds. The molecule has 0 aromatic carbocycles. The third-order valence-electron chi connectivity index (χ3n) is 5.30. The maximum absolute atomic E-state index is 12.4. The van der Waals surface area contributed by atoms with E-state index in [0.29, 0.717) is 12.0 Å². The molecule has 0 heterocycles. The van der Waals surface area contributed by atoms with Crippen LogP contribution in [0.2, 0.25) is 0 Å². The van der Waals surface area contributed by atoms with Crippen molar-refractivity contribution in [2.45, 2.75) is 77.3 Å². The molecule has 2 aliphatic carbocycles. The van der Waals surface area contributed by atoms with Crippen LogP contribution in [0.15, 0.2) is 0 Å². The Kier molecular flexibility index (Phi) is 5.26. The van der Waals surface area contributed by atoms with E-state index in [1.54, 1.807) is 0 Å². The van der Waals surface area contributed by atoms with Crippen LogP contribution in [0, 0.1) is 17.8 Å². The van der Waals surface area contributed by atoms with Gasteiger partial charge in [-0.15, -0.1) is 0 Å². The molecule has 0 aromatic rings. The van der Waals surface area contributed by atoms with Crippen LogP contribution in [-0.2, 0) is 4.79 Å². The van der Waals surface area contributed by atoms with Crippen LogP contribution in [0.5, 0.6) is 0 Å². The summed E-state index contributed by atoms with van der Waals surface area (Å²) in [6, 6.07) is 0.612. The Bertz CT molecular complexity index is 305. The maximum Gasteiger partial charge on any atom is 0.223 e. The summed E-state index contributed by atoms with van der Waals surface area (Å²) in [5.41, 5.74) is 6.10. The van der Waals surface area contributed by atoms with Crippen molar-refractivity contribution in [3.05, 3.63) is 0 Å². The summed E-state index contributed by atoms with van der Waals surface area (Å²) in [5.74, 6) is 1.56. The third kappa shape index (κ3) is 3.95. The monoisotopic (exact) mass is 266 g/mol. The minimum atomic E-state index is 0.143. The summed E-state index contributed by atoms with van der Waals surface area (Å²) in [5, 5.41) is 3.31. The molecule has 0 aromatic heterocycles. The standard InChI is InChI=1S/C16H30N2O/c1-11-5-3-6-13(10-9-11)18-16(19)14-7-4-8-15(17)12(14)2/h11-15H,3-10,17H2,1-2H3,(H,18,19). The molecule has 2 fully saturated rings. The maximum atomic E-state index is 12.4. The zero-order valence-electron chi connectivity index (χ0n) is 12.5. The van der Waals surface area contributed by atoms with E-state index in [-0.39, 0.29) is 17.9 Å². The molecule has 0 spiro atoms. The van der Waals surface area contributed by atoms with Crippen LogP contribution in [0.4, 0.5) is 0 Å². The van der Waals surface area contributed by atoms with E-state index in [1.807, 2.05) is 0 Å². The second-order valence-corrected chi connectivity index (χ2v) is 6.88. The number of hydrogen-bond donors (Lipinski definition) is 2. The first-order valence-corrected chi connectivity index (χ1v) is 8.14. The Labute approximate surface area is 117 Å². The minimum Gasteiger partial charge on any atom is -0.353 e. The fourth-order valence-corrected chi connectivity index (χ4v) is 3.71. The average molecular weight is 266 g/mol. The second kappa shape index (κ2) is 6.74. The predicted octanol–water partition coefficient (Wildman–Crippen LogP) is 2.83. The lowest BCUT2D eigenvalue weighted by atomic mass is 9.76. The van der Waals surface area contributed by atoms with Crippen LogP contribution in [0.1, 0.15) is 65.2 Å². The number of carbonyl (C=O) groups is 1. The van der Waals surface area contributed by atoms with Gasteiger partial charge in [-0.3, -0.25) is 4.79 Å². The van der Waals surface area contributed by atoms with Crippen molar-refractivity contribution in [2.75, 3.05) is 0 Å². The molecule has 5 atom stereocenters. The highest BCUT2D eigenvalue weighted by atomic mass is 16.2. The highest BCUT2D eigenvalue weighted by Crippen LogP contribution is 2.30. The Balaban J connectivity index is 1.86. The molecule has 2 saturated carbocycles.